The summed E-state index contributed by atoms with van der Waals surface area (Å²) in [5.74, 6) is 2.39. The van der Waals surface area contributed by atoms with Crippen molar-refractivity contribution in [3.63, 3.8) is 0 Å². The maximum Gasteiger partial charge on any atom is 0.351 e. The SMILES string of the molecule is O=C(OC1CCC2CC3CCCCC3CC2C1)c1sc2c(Br)sc(Br)c2c1F. The first-order valence-corrected chi connectivity index (χ1v) is 13.5. The second-order valence-corrected chi connectivity index (χ2v) is 13.4. The molecule has 0 amide bonds. The Labute approximate surface area is 189 Å². The number of rotatable bonds is 2. The van der Waals surface area contributed by atoms with Crippen LogP contribution in [0.5, 0.6) is 0 Å². The van der Waals surface area contributed by atoms with Crippen molar-refractivity contribution in [1.82, 2.24) is 0 Å². The second-order valence-electron chi connectivity index (χ2n) is 8.74. The third-order valence-electron chi connectivity index (χ3n) is 7.23. The molecule has 0 N–H and O–H groups in total. The smallest absolute Gasteiger partial charge is 0.351 e. The summed E-state index contributed by atoms with van der Waals surface area (Å²) in [5.41, 5.74) is 0. The standard InChI is InChI=1S/C21H23Br2FO2S2/c22-19-15-16(24)18(27-17(15)20(23)28-19)21(25)26-14-6-5-12-7-10-3-1-2-4-11(10)8-13(12)9-14/h10-14H,1-9H2. The monoisotopic (exact) mass is 548 g/mol. The van der Waals surface area contributed by atoms with E-state index in [0.29, 0.717) is 15.1 Å². The highest BCUT2D eigenvalue weighted by atomic mass is 79.9. The molecule has 0 aliphatic heterocycles. The quantitative estimate of drug-likeness (QED) is 0.353. The molecule has 0 saturated heterocycles. The van der Waals surface area contributed by atoms with Crippen LogP contribution < -0.4 is 0 Å². The molecule has 5 rings (SSSR count). The van der Waals surface area contributed by atoms with Gasteiger partial charge in [-0.25, -0.2) is 9.18 Å². The lowest BCUT2D eigenvalue weighted by Crippen LogP contribution is -2.39. The lowest BCUT2D eigenvalue weighted by molar-refractivity contribution is -0.0210. The summed E-state index contributed by atoms with van der Waals surface area (Å²) in [7, 11) is 0. The van der Waals surface area contributed by atoms with Gasteiger partial charge in [0.15, 0.2) is 5.82 Å². The first kappa shape index (κ1) is 20.0. The molecule has 0 spiro atoms. The number of hydrogen-bond acceptors (Lipinski definition) is 4. The van der Waals surface area contributed by atoms with Crippen molar-refractivity contribution in [2.24, 2.45) is 23.7 Å². The van der Waals surface area contributed by atoms with Crippen LogP contribution in [0.3, 0.4) is 0 Å². The first-order valence-electron chi connectivity index (χ1n) is 10.3. The Morgan fingerprint density at radius 2 is 1.57 bits per heavy atom. The average molecular weight is 550 g/mol. The van der Waals surface area contributed by atoms with Crippen molar-refractivity contribution in [1.29, 1.82) is 0 Å². The molecule has 3 aliphatic rings. The van der Waals surface area contributed by atoms with Gasteiger partial charge >= 0.3 is 5.97 Å². The summed E-state index contributed by atoms with van der Waals surface area (Å²) in [6.07, 6.45) is 11.3. The van der Waals surface area contributed by atoms with Crippen molar-refractivity contribution >= 4 is 70.6 Å². The van der Waals surface area contributed by atoms with Crippen LogP contribution in [0.15, 0.2) is 7.57 Å². The molecular weight excluding hydrogens is 527 g/mol. The molecule has 2 heterocycles. The highest BCUT2D eigenvalue weighted by molar-refractivity contribution is 9.12. The fourth-order valence-electron chi connectivity index (χ4n) is 5.91. The van der Waals surface area contributed by atoms with Gasteiger partial charge in [-0.3, -0.25) is 0 Å². The first-order chi connectivity index (χ1) is 13.5. The number of thiophene rings is 2. The number of esters is 1. The molecule has 3 fully saturated rings. The van der Waals surface area contributed by atoms with Crippen molar-refractivity contribution in [3.05, 3.63) is 18.3 Å². The molecular formula is C21H23Br2FO2S2. The lowest BCUT2D eigenvalue weighted by atomic mass is 9.59. The highest BCUT2D eigenvalue weighted by Gasteiger charge is 2.42. The number of halogens is 3. The van der Waals surface area contributed by atoms with Crippen molar-refractivity contribution in [2.45, 2.75) is 63.9 Å². The topological polar surface area (TPSA) is 26.3 Å². The van der Waals surface area contributed by atoms with Gasteiger partial charge in [0.25, 0.3) is 0 Å². The molecule has 2 nitrogen and oxygen atoms in total. The van der Waals surface area contributed by atoms with Gasteiger partial charge in [-0.15, -0.1) is 22.7 Å². The van der Waals surface area contributed by atoms with Gasteiger partial charge in [-0.2, -0.15) is 0 Å². The van der Waals surface area contributed by atoms with E-state index in [-0.39, 0.29) is 11.0 Å². The van der Waals surface area contributed by atoms with E-state index in [2.05, 4.69) is 31.9 Å². The Kier molecular flexibility index (Phi) is 5.65. The molecule has 3 aliphatic carbocycles. The summed E-state index contributed by atoms with van der Waals surface area (Å²) in [6.45, 7) is 0. The van der Waals surface area contributed by atoms with Gasteiger partial charge in [0.1, 0.15) is 11.0 Å². The molecule has 5 atom stereocenters. The number of hydrogen-bond donors (Lipinski definition) is 0. The van der Waals surface area contributed by atoms with E-state index in [1.165, 1.54) is 61.2 Å². The molecule has 152 valence electrons. The predicted octanol–water partition coefficient (Wildman–Crippen LogP) is 8.17. The van der Waals surface area contributed by atoms with Crippen LogP contribution >= 0.6 is 54.5 Å². The largest absolute Gasteiger partial charge is 0.458 e. The van der Waals surface area contributed by atoms with Gasteiger partial charge < -0.3 is 4.74 Å². The zero-order chi connectivity index (χ0) is 19.4. The average Bonchev–Trinajstić information content (AvgIpc) is 3.17. The molecule has 0 aromatic carbocycles. The molecule has 0 bridgehead atoms. The molecule has 3 saturated carbocycles. The summed E-state index contributed by atoms with van der Waals surface area (Å²) < 4.78 is 23.0. The Morgan fingerprint density at radius 3 is 2.29 bits per heavy atom. The fourth-order valence-corrected chi connectivity index (χ4v) is 10.3. The van der Waals surface area contributed by atoms with E-state index in [0.717, 1.165) is 45.5 Å². The zero-order valence-electron chi connectivity index (χ0n) is 15.5. The van der Waals surface area contributed by atoms with Crippen molar-refractivity contribution in [3.8, 4) is 0 Å². The van der Waals surface area contributed by atoms with Crippen LogP contribution in [0.1, 0.15) is 67.5 Å². The van der Waals surface area contributed by atoms with E-state index in [9.17, 15) is 9.18 Å². The maximum atomic E-state index is 14.8. The van der Waals surface area contributed by atoms with Gasteiger partial charge in [-0.1, -0.05) is 25.7 Å². The number of carbonyl (C=O) groups excluding carboxylic acids is 1. The Hall–Kier alpha value is 0.0200. The van der Waals surface area contributed by atoms with E-state index >= 15 is 0 Å². The third kappa shape index (κ3) is 3.52. The van der Waals surface area contributed by atoms with E-state index in [1.54, 1.807) is 0 Å². The van der Waals surface area contributed by atoms with Crippen LogP contribution in [0.2, 0.25) is 0 Å². The number of carbonyl (C=O) groups is 1. The molecule has 2 aromatic heterocycles. The number of fused-ring (bicyclic) bond motifs is 3. The normalized spacial score (nSPS) is 32.8. The Balaban J connectivity index is 1.27. The van der Waals surface area contributed by atoms with E-state index in [4.69, 9.17) is 4.74 Å². The minimum absolute atomic E-state index is 0.0561. The van der Waals surface area contributed by atoms with Crippen LogP contribution in [0.4, 0.5) is 4.39 Å². The minimum atomic E-state index is -0.489. The van der Waals surface area contributed by atoms with Crippen LogP contribution in [-0.2, 0) is 4.74 Å². The number of ether oxygens (including phenoxy) is 1. The predicted molar refractivity (Wildman–Crippen MR) is 120 cm³/mol. The van der Waals surface area contributed by atoms with Gasteiger partial charge in [0.05, 0.1) is 17.7 Å². The Bertz CT molecular complexity index is 908. The lowest BCUT2D eigenvalue weighted by Gasteiger charge is -2.47. The van der Waals surface area contributed by atoms with E-state index < -0.39 is 11.8 Å². The highest BCUT2D eigenvalue weighted by Crippen LogP contribution is 2.51. The molecule has 0 radical (unpaired) electrons. The van der Waals surface area contributed by atoms with Gasteiger partial charge in [0.2, 0.25) is 0 Å². The molecule has 2 aromatic rings. The Morgan fingerprint density at radius 1 is 0.893 bits per heavy atom. The summed E-state index contributed by atoms with van der Waals surface area (Å²) in [6, 6.07) is 0. The van der Waals surface area contributed by atoms with Gasteiger partial charge in [-0.05, 0) is 87.6 Å². The summed E-state index contributed by atoms with van der Waals surface area (Å²) in [5, 5.41) is 0.494. The van der Waals surface area contributed by atoms with Gasteiger partial charge in [0, 0.05) is 0 Å². The minimum Gasteiger partial charge on any atom is -0.458 e. The van der Waals surface area contributed by atoms with E-state index in [1.807, 2.05) is 0 Å². The molecule has 7 heteroatoms. The molecule has 28 heavy (non-hydrogen) atoms. The summed E-state index contributed by atoms with van der Waals surface area (Å²) in [4.78, 5) is 12.8. The second kappa shape index (κ2) is 7.93. The molecule has 5 unspecified atom stereocenters. The van der Waals surface area contributed by atoms with Crippen molar-refractivity contribution in [2.75, 3.05) is 0 Å². The van der Waals surface area contributed by atoms with Crippen LogP contribution in [0.25, 0.3) is 10.1 Å². The zero-order valence-corrected chi connectivity index (χ0v) is 20.3. The fraction of sp³-hybridized carbons (Fsp3) is 0.667. The third-order valence-corrected chi connectivity index (χ3v) is 11.3. The maximum absolute atomic E-state index is 14.8. The van der Waals surface area contributed by atoms with Crippen LogP contribution in [0, 0.1) is 29.5 Å². The summed E-state index contributed by atoms with van der Waals surface area (Å²) >= 11 is 9.48. The van der Waals surface area contributed by atoms with Crippen LogP contribution in [-0.4, -0.2) is 12.1 Å². The van der Waals surface area contributed by atoms with Crippen molar-refractivity contribution < 1.29 is 13.9 Å².